The number of hydrogen-bond donors (Lipinski definition) is 2. The average molecular weight is 235 g/mol. The van der Waals surface area contributed by atoms with E-state index in [2.05, 4.69) is 10.3 Å². The van der Waals surface area contributed by atoms with Crippen molar-refractivity contribution in [3.63, 3.8) is 0 Å². The first-order valence-electron chi connectivity index (χ1n) is 5.38. The number of hydrogen-bond acceptors (Lipinski definition) is 4. The number of aromatic nitrogens is 1. The van der Waals surface area contributed by atoms with E-state index in [0.29, 0.717) is 24.5 Å². The molecule has 1 aliphatic rings. The molecule has 0 spiro atoms. The van der Waals surface area contributed by atoms with Gasteiger partial charge in [0, 0.05) is 19.2 Å². The minimum absolute atomic E-state index is 0.0965. The quantitative estimate of drug-likeness (QED) is 0.802. The number of carboxylic acid groups (broad SMARTS) is 1. The van der Waals surface area contributed by atoms with Crippen LogP contribution in [0.3, 0.4) is 0 Å². The maximum Gasteiger partial charge on any atom is 0.303 e. The van der Waals surface area contributed by atoms with Crippen molar-refractivity contribution in [2.45, 2.75) is 12.8 Å². The Morgan fingerprint density at radius 3 is 3.18 bits per heavy atom. The monoisotopic (exact) mass is 235 g/mol. The lowest BCUT2D eigenvalue weighted by atomic mass is 10.2. The van der Waals surface area contributed by atoms with E-state index in [1.807, 2.05) is 0 Å². The molecule has 0 aromatic carbocycles. The van der Waals surface area contributed by atoms with Crippen LogP contribution in [0.25, 0.3) is 0 Å². The summed E-state index contributed by atoms with van der Waals surface area (Å²) in [7, 11) is 0. The summed E-state index contributed by atoms with van der Waals surface area (Å²) in [5.41, 5.74) is 0.680. The van der Waals surface area contributed by atoms with Crippen molar-refractivity contribution >= 4 is 23.4 Å². The average Bonchev–Trinajstić information content (AvgIpc) is 2.28. The van der Waals surface area contributed by atoms with E-state index >= 15 is 0 Å². The Morgan fingerprint density at radius 2 is 2.41 bits per heavy atom. The van der Waals surface area contributed by atoms with E-state index in [4.69, 9.17) is 5.11 Å². The lowest BCUT2D eigenvalue weighted by Gasteiger charge is -2.29. The Bertz CT molecular complexity index is 447. The zero-order chi connectivity index (χ0) is 12.3. The highest BCUT2D eigenvalue weighted by Crippen LogP contribution is 2.26. The van der Waals surface area contributed by atoms with E-state index < -0.39 is 5.97 Å². The second-order valence-electron chi connectivity index (χ2n) is 3.84. The Hall–Kier alpha value is -2.11. The fourth-order valence-electron chi connectivity index (χ4n) is 1.79. The third-order valence-electron chi connectivity index (χ3n) is 2.51. The van der Waals surface area contributed by atoms with Crippen LogP contribution < -0.4 is 10.2 Å². The van der Waals surface area contributed by atoms with Crippen molar-refractivity contribution in [2.24, 2.45) is 0 Å². The molecule has 1 amide bonds. The number of carbonyl (C=O) groups is 2. The summed E-state index contributed by atoms with van der Waals surface area (Å²) in [6, 6.07) is 3.53. The van der Waals surface area contributed by atoms with Gasteiger partial charge in [-0.15, -0.1) is 0 Å². The van der Waals surface area contributed by atoms with Gasteiger partial charge in [0.05, 0.1) is 12.2 Å². The number of anilines is 2. The second kappa shape index (κ2) is 4.82. The van der Waals surface area contributed by atoms with Crippen LogP contribution in [0.5, 0.6) is 0 Å². The molecule has 0 aliphatic carbocycles. The van der Waals surface area contributed by atoms with Gasteiger partial charge in [0.2, 0.25) is 5.91 Å². The Balaban J connectivity index is 2.07. The first-order chi connectivity index (χ1) is 8.16. The maximum absolute atomic E-state index is 11.4. The summed E-state index contributed by atoms with van der Waals surface area (Å²) < 4.78 is 0. The topological polar surface area (TPSA) is 82.5 Å². The summed E-state index contributed by atoms with van der Waals surface area (Å²) in [6.07, 6.45) is 2.25. The third-order valence-corrected chi connectivity index (χ3v) is 2.51. The van der Waals surface area contributed by atoms with E-state index in [1.54, 1.807) is 23.2 Å². The van der Waals surface area contributed by atoms with Gasteiger partial charge in [-0.3, -0.25) is 9.59 Å². The van der Waals surface area contributed by atoms with Gasteiger partial charge >= 0.3 is 5.97 Å². The first-order valence-corrected chi connectivity index (χ1v) is 5.38. The van der Waals surface area contributed by atoms with Crippen molar-refractivity contribution in [3.8, 4) is 0 Å². The Labute approximate surface area is 98.3 Å². The van der Waals surface area contributed by atoms with Crippen LogP contribution in [0.2, 0.25) is 0 Å². The minimum atomic E-state index is -0.826. The Morgan fingerprint density at radius 1 is 1.59 bits per heavy atom. The van der Waals surface area contributed by atoms with Crippen molar-refractivity contribution < 1.29 is 14.7 Å². The fourth-order valence-corrected chi connectivity index (χ4v) is 1.79. The minimum Gasteiger partial charge on any atom is -0.481 e. The van der Waals surface area contributed by atoms with Gasteiger partial charge in [-0.25, -0.2) is 4.98 Å². The van der Waals surface area contributed by atoms with E-state index in [9.17, 15) is 9.59 Å². The van der Waals surface area contributed by atoms with E-state index in [-0.39, 0.29) is 18.9 Å². The number of amides is 1. The Kier molecular flexibility index (Phi) is 3.22. The summed E-state index contributed by atoms with van der Waals surface area (Å²) in [6.45, 7) is 0.743. The molecule has 2 heterocycles. The predicted octanol–water partition coefficient (Wildman–Crippen LogP) is 0.705. The number of pyridine rings is 1. The molecule has 6 nitrogen and oxygen atoms in total. The summed E-state index contributed by atoms with van der Waals surface area (Å²) in [4.78, 5) is 27.9. The summed E-state index contributed by atoms with van der Waals surface area (Å²) in [5, 5.41) is 11.3. The van der Waals surface area contributed by atoms with Gasteiger partial charge in [-0.2, -0.15) is 0 Å². The summed E-state index contributed by atoms with van der Waals surface area (Å²) in [5.74, 6) is -0.217. The van der Waals surface area contributed by atoms with Crippen molar-refractivity contribution in [2.75, 3.05) is 23.3 Å². The van der Waals surface area contributed by atoms with Crippen LogP contribution in [0.4, 0.5) is 11.5 Å². The van der Waals surface area contributed by atoms with Crippen molar-refractivity contribution in [3.05, 3.63) is 18.3 Å². The zero-order valence-electron chi connectivity index (χ0n) is 9.22. The van der Waals surface area contributed by atoms with Gasteiger partial charge in [0.25, 0.3) is 0 Å². The highest BCUT2D eigenvalue weighted by Gasteiger charge is 2.22. The molecular weight excluding hydrogens is 222 g/mol. The van der Waals surface area contributed by atoms with Gasteiger partial charge in [-0.05, 0) is 18.6 Å². The molecule has 0 radical (unpaired) electrons. The van der Waals surface area contributed by atoms with Crippen LogP contribution in [0.1, 0.15) is 12.8 Å². The molecule has 6 heteroatoms. The normalized spacial score (nSPS) is 14.1. The van der Waals surface area contributed by atoms with Crippen LogP contribution in [-0.2, 0) is 9.59 Å². The number of fused-ring (bicyclic) bond motifs is 1. The molecule has 2 N–H and O–H groups in total. The van der Waals surface area contributed by atoms with E-state index in [0.717, 1.165) is 0 Å². The number of nitrogens with one attached hydrogen (secondary N) is 1. The molecule has 0 fully saturated rings. The van der Waals surface area contributed by atoms with Crippen LogP contribution in [0.15, 0.2) is 18.3 Å². The molecule has 1 aromatic rings. The van der Waals surface area contributed by atoms with Gasteiger partial charge in [-0.1, -0.05) is 0 Å². The van der Waals surface area contributed by atoms with Gasteiger partial charge in [0.15, 0.2) is 5.82 Å². The molecule has 0 atom stereocenters. The number of carboxylic acids is 1. The van der Waals surface area contributed by atoms with Gasteiger partial charge in [0.1, 0.15) is 0 Å². The molecule has 2 rings (SSSR count). The number of rotatable bonds is 4. The van der Waals surface area contributed by atoms with E-state index in [1.165, 1.54) is 0 Å². The molecule has 1 aromatic heterocycles. The SMILES string of the molecule is O=C(O)CCCN1CC(=O)Nc2cccnc21. The van der Waals surface area contributed by atoms with Crippen LogP contribution in [0, 0.1) is 0 Å². The second-order valence-corrected chi connectivity index (χ2v) is 3.84. The molecule has 0 unspecified atom stereocenters. The largest absolute Gasteiger partial charge is 0.481 e. The van der Waals surface area contributed by atoms with Gasteiger partial charge < -0.3 is 15.3 Å². The highest BCUT2D eigenvalue weighted by molar-refractivity contribution is 6.00. The molecule has 1 aliphatic heterocycles. The van der Waals surface area contributed by atoms with Crippen LogP contribution >= 0.6 is 0 Å². The lowest BCUT2D eigenvalue weighted by Crippen LogP contribution is -2.39. The maximum atomic E-state index is 11.4. The highest BCUT2D eigenvalue weighted by atomic mass is 16.4. The smallest absolute Gasteiger partial charge is 0.303 e. The third kappa shape index (κ3) is 2.72. The van der Waals surface area contributed by atoms with Crippen molar-refractivity contribution in [1.29, 1.82) is 0 Å². The molecule has 90 valence electrons. The number of nitrogens with zero attached hydrogens (tertiary/aromatic N) is 2. The molecular formula is C11H13N3O3. The standard InChI is InChI=1S/C11H13N3O3/c15-9-7-14(6-2-4-10(16)17)11-8(13-9)3-1-5-12-11/h1,3,5H,2,4,6-7H2,(H,13,15)(H,16,17). The van der Waals surface area contributed by atoms with Crippen LogP contribution in [-0.4, -0.2) is 35.1 Å². The first kappa shape index (κ1) is 11.4. The molecule has 0 saturated carbocycles. The van der Waals surface area contributed by atoms with Crippen molar-refractivity contribution in [1.82, 2.24) is 4.98 Å². The molecule has 17 heavy (non-hydrogen) atoms. The number of carbonyl (C=O) groups excluding carboxylic acids is 1. The zero-order valence-corrected chi connectivity index (χ0v) is 9.22. The molecule has 0 saturated heterocycles. The number of aliphatic carboxylic acids is 1. The summed E-state index contributed by atoms with van der Waals surface area (Å²) >= 11 is 0. The predicted molar refractivity (Wildman–Crippen MR) is 61.9 cm³/mol. The molecule has 0 bridgehead atoms. The lowest BCUT2D eigenvalue weighted by molar-refractivity contribution is -0.137. The fraction of sp³-hybridized carbons (Fsp3) is 0.364.